The first-order valence-corrected chi connectivity index (χ1v) is 6.70. The molecule has 0 radical (unpaired) electrons. The van der Waals surface area contributed by atoms with Crippen LogP contribution in [-0.2, 0) is 6.54 Å². The number of hydrogen-bond donors (Lipinski definition) is 2. The van der Waals surface area contributed by atoms with Gasteiger partial charge in [-0.15, -0.1) is 0 Å². The third-order valence-corrected chi connectivity index (χ3v) is 3.27. The summed E-state index contributed by atoms with van der Waals surface area (Å²) in [7, 11) is 1.59. The molecule has 6 heteroatoms. The zero-order chi connectivity index (χ0) is 14.7. The van der Waals surface area contributed by atoms with Gasteiger partial charge in [0.15, 0.2) is 0 Å². The average molecular weight is 340 g/mol. The molecule has 0 spiro atoms. The van der Waals surface area contributed by atoms with Gasteiger partial charge in [-0.05, 0) is 31.2 Å². The number of aromatic carboxylic acids is 1. The summed E-state index contributed by atoms with van der Waals surface area (Å²) in [6.45, 7) is 2.08. The highest BCUT2D eigenvalue weighted by molar-refractivity contribution is 9.10. The van der Waals surface area contributed by atoms with Crippen LogP contribution in [0.25, 0.3) is 0 Å². The van der Waals surface area contributed by atoms with Crippen molar-refractivity contribution in [3.05, 3.63) is 45.8 Å². The van der Waals surface area contributed by atoms with Crippen LogP contribution in [0, 0.1) is 6.92 Å². The van der Waals surface area contributed by atoms with E-state index in [-0.39, 0.29) is 5.76 Å². The van der Waals surface area contributed by atoms with Crippen LogP contribution in [0.1, 0.15) is 21.9 Å². The molecule has 0 saturated carbocycles. The van der Waals surface area contributed by atoms with Gasteiger partial charge in [0.2, 0.25) is 5.76 Å². The number of carboxylic acid groups (broad SMARTS) is 1. The average Bonchev–Trinajstić information content (AvgIpc) is 2.78. The molecule has 0 bridgehead atoms. The largest absolute Gasteiger partial charge is 0.495 e. The van der Waals surface area contributed by atoms with E-state index in [1.165, 1.54) is 0 Å². The molecule has 106 valence electrons. The molecule has 0 aliphatic heterocycles. The number of aryl methyl sites for hydroxylation is 1. The van der Waals surface area contributed by atoms with Crippen LogP contribution in [0.4, 0.5) is 5.69 Å². The van der Waals surface area contributed by atoms with Crippen molar-refractivity contribution >= 4 is 27.6 Å². The van der Waals surface area contributed by atoms with Gasteiger partial charge < -0.3 is 19.6 Å². The Balaban J connectivity index is 2.14. The molecule has 20 heavy (non-hydrogen) atoms. The lowest BCUT2D eigenvalue weighted by atomic mass is 10.2. The Kier molecular flexibility index (Phi) is 4.34. The fourth-order valence-corrected chi connectivity index (χ4v) is 2.21. The van der Waals surface area contributed by atoms with E-state index < -0.39 is 5.97 Å². The third kappa shape index (κ3) is 3.14. The number of ether oxygens (including phenoxy) is 1. The molecule has 2 rings (SSSR count). The van der Waals surface area contributed by atoms with Gasteiger partial charge in [0.1, 0.15) is 11.5 Å². The molecule has 1 heterocycles. The van der Waals surface area contributed by atoms with E-state index in [1.807, 2.05) is 18.2 Å². The molecule has 0 saturated heterocycles. The van der Waals surface area contributed by atoms with Crippen LogP contribution in [0.2, 0.25) is 0 Å². The Bertz CT molecular complexity index is 636. The number of carbonyl (C=O) groups is 1. The lowest BCUT2D eigenvalue weighted by Gasteiger charge is -2.10. The van der Waals surface area contributed by atoms with Crippen LogP contribution in [-0.4, -0.2) is 18.2 Å². The predicted octanol–water partition coefficient (Wildman–Crippen LogP) is 3.67. The van der Waals surface area contributed by atoms with E-state index in [2.05, 4.69) is 21.2 Å². The second-order valence-corrected chi connectivity index (χ2v) is 5.14. The molecule has 2 N–H and O–H groups in total. The summed E-state index contributed by atoms with van der Waals surface area (Å²) >= 11 is 3.39. The maximum atomic E-state index is 10.9. The van der Waals surface area contributed by atoms with Crippen LogP contribution < -0.4 is 10.1 Å². The quantitative estimate of drug-likeness (QED) is 0.869. The van der Waals surface area contributed by atoms with E-state index in [9.17, 15) is 4.79 Å². The molecular formula is C14H14BrNO4. The smallest absolute Gasteiger partial charge is 0.372 e. The van der Waals surface area contributed by atoms with Crippen molar-refractivity contribution < 1.29 is 19.1 Å². The molecule has 0 amide bonds. The van der Waals surface area contributed by atoms with Crippen molar-refractivity contribution in [2.24, 2.45) is 0 Å². The van der Waals surface area contributed by atoms with E-state index in [0.717, 1.165) is 10.2 Å². The topological polar surface area (TPSA) is 71.7 Å². The SMILES string of the molecule is COc1ccc(Br)cc1NCc1cc(C)c(C(=O)O)o1. The number of methoxy groups -OCH3 is 1. The van der Waals surface area contributed by atoms with E-state index in [1.54, 1.807) is 20.1 Å². The predicted molar refractivity (Wildman–Crippen MR) is 78.4 cm³/mol. The number of nitrogens with one attached hydrogen (secondary N) is 1. The fraction of sp³-hybridized carbons (Fsp3) is 0.214. The van der Waals surface area contributed by atoms with Crippen molar-refractivity contribution in [2.45, 2.75) is 13.5 Å². The number of rotatable bonds is 5. The minimum absolute atomic E-state index is 0.0250. The maximum Gasteiger partial charge on any atom is 0.372 e. The Hall–Kier alpha value is -1.95. The van der Waals surface area contributed by atoms with E-state index in [0.29, 0.717) is 23.6 Å². The molecule has 1 aromatic carbocycles. The lowest BCUT2D eigenvalue weighted by molar-refractivity contribution is 0.0659. The number of carboxylic acids is 1. The van der Waals surface area contributed by atoms with Gasteiger partial charge in [-0.2, -0.15) is 0 Å². The van der Waals surface area contributed by atoms with Gasteiger partial charge in [-0.1, -0.05) is 15.9 Å². The first kappa shape index (κ1) is 14.5. The van der Waals surface area contributed by atoms with Crippen molar-refractivity contribution in [3.63, 3.8) is 0 Å². The molecule has 0 aliphatic rings. The number of furan rings is 1. The molecule has 2 aromatic rings. The summed E-state index contributed by atoms with van der Waals surface area (Å²) in [6.07, 6.45) is 0. The summed E-state index contributed by atoms with van der Waals surface area (Å²) in [5.74, 6) is 0.175. The van der Waals surface area contributed by atoms with Crippen LogP contribution >= 0.6 is 15.9 Å². The maximum absolute atomic E-state index is 10.9. The van der Waals surface area contributed by atoms with E-state index in [4.69, 9.17) is 14.3 Å². The number of hydrogen-bond acceptors (Lipinski definition) is 4. The van der Waals surface area contributed by atoms with Crippen molar-refractivity contribution in [1.29, 1.82) is 0 Å². The van der Waals surface area contributed by atoms with Gasteiger partial charge in [-0.25, -0.2) is 4.79 Å². The minimum atomic E-state index is -1.06. The minimum Gasteiger partial charge on any atom is -0.495 e. The van der Waals surface area contributed by atoms with Crippen LogP contribution in [0.15, 0.2) is 33.2 Å². The highest BCUT2D eigenvalue weighted by atomic mass is 79.9. The fourth-order valence-electron chi connectivity index (χ4n) is 1.85. The van der Waals surface area contributed by atoms with Gasteiger partial charge in [0.25, 0.3) is 0 Å². The monoisotopic (exact) mass is 339 g/mol. The Labute approximate surface area is 124 Å². The van der Waals surface area contributed by atoms with Crippen molar-refractivity contribution in [1.82, 2.24) is 0 Å². The zero-order valence-electron chi connectivity index (χ0n) is 11.1. The van der Waals surface area contributed by atoms with Gasteiger partial charge in [-0.3, -0.25) is 0 Å². The van der Waals surface area contributed by atoms with E-state index >= 15 is 0 Å². The molecule has 0 atom stereocenters. The highest BCUT2D eigenvalue weighted by Crippen LogP contribution is 2.28. The van der Waals surface area contributed by atoms with Gasteiger partial charge in [0.05, 0.1) is 19.3 Å². The molecule has 5 nitrogen and oxygen atoms in total. The lowest BCUT2D eigenvalue weighted by Crippen LogP contribution is -2.00. The summed E-state index contributed by atoms with van der Waals surface area (Å²) < 4.78 is 11.5. The van der Waals surface area contributed by atoms with Gasteiger partial charge in [0, 0.05) is 10.0 Å². The summed E-state index contributed by atoms with van der Waals surface area (Å²) in [5.41, 5.74) is 1.41. The van der Waals surface area contributed by atoms with Crippen molar-refractivity contribution in [3.8, 4) is 5.75 Å². The second-order valence-electron chi connectivity index (χ2n) is 4.23. The molecule has 0 fully saturated rings. The number of anilines is 1. The van der Waals surface area contributed by atoms with Gasteiger partial charge >= 0.3 is 5.97 Å². The summed E-state index contributed by atoms with van der Waals surface area (Å²) in [6, 6.07) is 7.31. The summed E-state index contributed by atoms with van der Waals surface area (Å²) in [4.78, 5) is 10.9. The Morgan fingerprint density at radius 2 is 2.20 bits per heavy atom. The Morgan fingerprint density at radius 3 is 2.80 bits per heavy atom. The number of halogens is 1. The first-order valence-electron chi connectivity index (χ1n) is 5.91. The molecular weight excluding hydrogens is 326 g/mol. The van der Waals surface area contributed by atoms with Crippen molar-refractivity contribution in [2.75, 3.05) is 12.4 Å². The number of benzene rings is 1. The third-order valence-electron chi connectivity index (χ3n) is 2.78. The second kappa shape index (κ2) is 6.00. The zero-order valence-corrected chi connectivity index (χ0v) is 12.7. The highest BCUT2D eigenvalue weighted by Gasteiger charge is 2.14. The molecule has 1 aromatic heterocycles. The first-order chi connectivity index (χ1) is 9.51. The Morgan fingerprint density at radius 1 is 1.45 bits per heavy atom. The standard InChI is InChI=1S/C14H14BrNO4/c1-8-5-10(20-13(8)14(17)18)7-16-11-6-9(15)3-4-12(11)19-2/h3-6,16H,7H2,1-2H3,(H,17,18). The van der Waals surface area contributed by atoms with Crippen LogP contribution in [0.3, 0.4) is 0 Å². The molecule has 0 aliphatic carbocycles. The van der Waals surface area contributed by atoms with Crippen LogP contribution in [0.5, 0.6) is 5.75 Å². The normalized spacial score (nSPS) is 10.3. The summed E-state index contributed by atoms with van der Waals surface area (Å²) in [5, 5.41) is 12.1. The molecule has 0 unspecified atom stereocenters.